The summed E-state index contributed by atoms with van der Waals surface area (Å²) in [6.07, 6.45) is 1.12. The number of H-pyrrole nitrogens is 1. The van der Waals surface area contributed by atoms with E-state index in [1.807, 2.05) is 0 Å². The molecule has 0 aromatic carbocycles. The number of pyridine rings is 1. The van der Waals surface area contributed by atoms with Crippen molar-refractivity contribution in [1.29, 1.82) is 0 Å². The number of hydrogen-bond acceptors (Lipinski definition) is 4. The van der Waals surface area contributed by atoms with Crippen LogP contribution >= 0.6 is 0 Å². The maximum Gasteiger partial charge on any atom is 0.199 e. The fraction of sp³-hybridized carbons (Fsp3) is 0.222. The third kappa shape index (κ3) is 1.99. The van der Waals surface area contributed by atoms with Crippen LogP contribution in [-0.4, -0.2) is 20.2 Å². The summed E-state index contributed by atoms with van der Waals surface area (Å²) in [6.45, 7) is 1.79. The molecule has 0 radical (unpaired) electrons. The Hall–Kier alpha value is -1.82. The molecular formula is C9H10FN5. The first kappa shape index (κ1) is 9.72. The Morgan fingerprint density at radius 3 is 2.80 bits per heavy atom. The van der Waals surface area contributed by atoms with E-state index in [1.165, 1.54) is 12.1 Å². The molecule has 0 fully saturated rings. The quantitative estimate of drug-likeness (QED) is 0.770. The zero-order chi connectivity index (χ0) is 10.8. The van der Waals surface area contributed by atoms with Gasteiger partial charge in [0.1, 0.15) is 17.3 Å². The van der Waals surface area contributed by atoms with E-state index in [9.17, 15) is 4.39 Å². The first-order chi connectivity index (χ1) is 7.16. The fourth-order valence-corrected chi connectivity index (χ4v) is 1.10. The third-order valence-electron chi connectivity index (χ3n) is 1.89. The third-order valence-corrected chi connectivity index (χ3v) is 1.89. The Morgan fingerprint density at radius 2 is 2.27 bits per heavy atom. The lowest BCUT2D eigenvalue weighted by molar-refractivity contribution is 0.621. The van der Waals surface area contributed by atoms with E-state index < -0.39 is 0 Å². The van der Waals surface area contributed by atoms with E-state index in [4.69, 9.17) is 5.73 Å². The second kappa shape index (κ2) is 3.74. The Kier molecular flexibility index (Phi) is 2.42. The van der Waals surface area contributed by atoms with Crippen molar-refractivity contribution < 1.29 is 4.39 Å². The van der Waals surface area contributed by atoms with E-state index in [1.54, 1.807) is 6.92 Å². The van der Waals surface area contributed by atoms with Crippen molar-refractivity contribution in [1.82, 2.24) is 20.2 Å². The molecule has 78 valence electrons. The van der Waals surface area contributed by atoms with Crippen molar-refractivity contribution >= 4 is 0 Å². The van der Waals surface area contributed by atoms with Gasteiger partial charge in [-0.25, -0.2) is 14.4 Å². The van der Waals surface area contributed by atoms with Crippen LogP contribution in [0, 0.1) is 5.82 Å². The Labute approximate surface area is 85.6 Å². The molecule has 15 heavy (non-hydrogen) atoms. The maximum atomic E-state index is 12.6. The highest BCUT2D eigenvalue weighted by Gasteiger charge is 2.09. The standard InChI is InChI=1S/C9H10FN5/c1-5(11)8-13-9(15-14-8)7-3-2-6(10)4-12-7/h2-5H,11H2,1H3,(H,13,14,15). The van der Waals surface area contributed by atoms with Crippen LogP contribution in [0.1, 0.15) is 18.8 Å². The van der Waals surface area contributed by atoms with Gasteiger partial charge in [-0.1, -0.05) is 0 Å². The summed E-state index contributed by atoms with van der Waals surface area (Å²) in [5.74, 6) is 0.611. The molecule has 1 atom stereocenters. The second-order valence-electron chi connectivity index (χ2n) is 3.19. The van der Waals surface area contributed by atoms with E-state index in [0.717, 1.165) is 6.20 Å². The molecule has 2 heterocycles. The first-order valence-electron chi connectivity index (χ1n) is 4.46. The molecular weight excluding hydrogens is 197 g/mol. The van der Waals surface area contributed by atoms with Crippen LogP contribution in [0.2, 0.25) is 0 Å². The Bertz CT molecular complexity index is 448. The molecule has 0 aliphatic rings. The van der Waals surface area contributed by atoms with Gasteiger partial charge in [0, 0.05) is 0 Å². The molecule has 0 aliphatic carbocycles. The van der Waals surface area contributed by atoms with Crippen LogP contribution in [0.15, 0.2) is 18.3 Å². The van der Waals surface area contributed by atoms with Crippen molar-refractivity contribution in [3.05, 3.63) is 30.0 Å². The van der Waals surface area contributed by atoms with Gasteiger partial charge in [-0.2, -0.15) is 5.10 Å². The minimum absolute atomic E-state index is 0.216. The molecule has 3 N–H and O–H groups in total. The zero-order valence-corrected chi connectivity index (χ0v) is 8.11. The maximum absolute atomic E-state index is 12.6. The van der Waals surface area contributed by atoms with Crippen LogP contribution in [0.5, 0.6) is 0 Å². The largest absolute Gasteiger partial charge is 0.322 e. The average Bonchev–Trinajstić information content (AvgIpc) is 2.68. The van der Waals surface area contributed by atoms with Crippen molar-refractivity contribution in [3.63, 3.8) is 0 Å². The molecule has 6 heteroatoms. The van der Waals surface area contributed by atoms with E-state index >= 15 is 0 Å². The highest BCUT2D eigenvalue weighted by atomic mass is 19.1. The van der Waals surface area contributed by atoms with Gasteiger partial charge >= 0.3 is 0 Å². The second-order valence-corrected chi connectivity index (χ2v) is 3.19. The fourth-order valence-electron chi connectivity index (χ4n) is 1.10. The molecule has 0 aliphatic heterocycles. The lowest BCUT2D eigenvalue weighted by Gasteiger charge is -1.96. The summed E-state index contributed by atoms with van der Waals surface area (Å²) in [5.41, 5.74) is 6.13. The number of aromatic nitrogens is 4. The van der Waals surface area contributed by atoms with Crippen LogP contribution in [0.3, 0.4) is 0 Å². The van der Waals surface area contributed by atoms with Gasteiger partial charge in [-0.15, -0.1) is 0 Å². The van der Waals surface area contributed by atoms with Crippen LogP contribution in [0.4, 0.5) is 4.39 Å². The summed E-state index contributed by atoms with van der Waals surface area (Å²) >= 11 is 0. The van der Waals surface area contributed by atoms with Gasteiger partial charge in [0.15, 0.2) is 5.82 Å². The summed E-state index contributed by atoms with van der Waals surface area (Å²) in [5, 5.41) is 6.63. The predicted molar refractivity (Wildman–Crippen MR) is 52.2 cm³/mol. The molecule has 0 spiro atoms. The smallest absolute Gasteiger partial charge is 0.199 e. The number of rotatable bonds is 2. The molecule has 0 bridgehead atoms. The monoisotopic (exact) mass is 207 g/mol. The lowest BCUT2D eigenvalue weighted by Crippen LogP contribution is -2.06. The first-order valence-corrected chi connectivity index (χ1v) is 4.46. The van der Waals surface area contributed by atoms with E-state index in [0.29, 0.717) is 17.3 Å². The van der Waals surface area contributed by atoms with Crippen molar-refractivity contribution in [3.8, 4) is 11.5 Å². The number of hydrogen-bond donors (Lipinski definition) is 2. The molecule has 2 aromatic heterocycles. The summed E-state index contributed by atoms with van der Waals surface area (Å²) in [6, 6.07) is 2.61. The summed E-state index contributed by atoms with van der Waals surface area (Å²) < 4.78 is 12.6. The zero-order valence-electron chi connectivity index (χ0n) is 8.11. The van der Waals surface area contributed by atoms with Gasteiger partial charge in [0.25, 0.3) is 0 Å². The molecule has 5 nitrogen and oxygen atoms in total. The summed E-state index contributed by atoms with van der Waals surface area (Å²) in [4.78, 5) is 7.99. The molecule has 2 rings (SSSR count). The number of halogens is 1. The van der Waals surface area contributed by atoms with Gasteiger partial charge in [0.2, 0.25) is 0 Å². The molecule has 0 saturated carbocycles. The molecule has 0 amide bonds. The van der Waals surface area contributed by atoms with Gasteiger partial charge in [-0.3, -0.25) is 5.10 Å². The molecule has 2 aromatic rings. The minimum atomic E-state index is -0.387. The normalized spacial score (nSPS) is 12.7. The van der Waals surface area contributed by atoms with E-state index in [2.05, 4.69) is 20.2 Å². The minimum Gasteiger partial charge on any atom is -0.322 e. The Balaban J connectivity index is 2.33. The van der Waals surface area contributed by atoms with Crippen LogP contribution in [-0.2, 0) is 0 Å². The molecule has 0 saturated heterocycles. The Morgan fingerprint density at radius 1 is 1.47 bits per heavy atom. The lowest BCUT2D eigenvalue weighted by atomic mass is 10.3. The number of nitrogens with zero attached hydrogens (tertiary/aromatic N) is 3. The van der Waals surface area contributed by atoms with Crippen LogP contribution in [0.25, 0.3) is 11.5 Å². The average molecular weight is 207 g/mol. The highest BCUT2D eigenvalue weighted by molar-refractivity contribution is 5.47. The topological polar surface area (TPSA) is 80.5 Å². The molecule has 1 unspecified atom stereocenters. The number of nitrogens with one attached hydrogen (secondary N) is 1. The van der Waals surface area contributed by atoms with Crippen LogP contribution < -0.4 is 5.73 Å². The SMILES string of the molecule is CC(N)c1nc(-c2ccc(F)cn2)n[nH]1. The van der Waals surface area contributed by atoms with Gasteiger partial charge in [-0.05, 0) is 19.1 Å². The number of aromatic amines is 1. The van der Waals surface area contributed by atoms with E-state index in [-0.39, 0.29) is 11.9 Å². The van der Waals surface area contributed by atoms with Crippen molar-refractivity contribution in [2.24, 2.45) is 5.73 Å². The van der Waals surface area contributed by atoms with Gasteiger partial charge in [0.05, 0.1) is 12.2 Å². The highest BCUT2D eigenvalue weighted by Crippen LogP contribution is 2.13. The van der Waals surface area contributed by atoms with Crippen molar-refractivity contribution in [2.45, 2.75) is 13.0 Å². The predicted octanol–water partition coefficient (Wildman–Crippen LogP) is 1.03. The summed E-state index contributed by atoms with van der Waals surface area (Å²) in [7, 11) is 0. The van der Waals surface area contributed by atoms with Crippen molar-refractivity contribution in [2.75, 3.05) is 0 Å². The number of nitrogens with two attached hydrogens (primary N) is 1. The van der Waals surface area contributed by atoms with Gasteiger partial charge < -0.3 is 5.73 Å².